The van der Waals surface area contributed by atoms with Crippen LogP contribution in [0.15, 0.2) is 60.8 Å². The van der Waals surface area contributed by atoms with E-state index in [0.717, 1.165) is 70.6 Å². The summed E-state index contributed by atoms with van der Waals surface area (Å²) in [7, 11) is 0. The number of aliphatic hydroxyl groups is 11. The third-order valence-corrected chi connectivity index (χ3v) is 23.3. The Balaban J connectivity index is 1.31. The predicted molar refractivity (Wildman–Crippen MR) is 457 cm³/mol. The molecule has 3 heterocycles. The molecular formula is C94H173NO18. The van der Waals surface area contributed by atoms with E-state index in [1.165, 1.54) is 302 Å². The third kappa shape index (κ3) is 51.7. The SMILES string of the molecule is CC/C=C\C/C=C\C/C=C\C/C=C\CCCCCCCCCCCCCCCCCCCCCCCCC(=O)NC(COC1OC(CO)C(OC2OC(CO)C(OC3OC(CO)C(O)C(O)C3O)C(O)C2O)C(O)C1O)C(O)/C=C/CCCCCCCCCCCCCCCCCCCCCCCCCCCCCCCCC. The van der Waals surface area contributed by atoms with Crippen molar-refractivity contribution in [1.29, 1.82) is 0 Å². The molecule has 19 heteroatoms. The third-order valence-electron chi connectivity index (χ3n) is 23.3. The molecule has 0 aliphatic carbocycles. The quantitative estimate of drug-likeness (QED) is 0.0199. The molecule has 19 nitrogen and oxygen atoms in total. The van der Waals surface area contributed by atoms with E-state index in [-0.39, 0.29) is 18.9 Å². The van der Waals surface area contributed by atoms with Crippen LogP contribution in [0, 0.1) is 0 Å². The van der Waals surface area contributed by atoms with Crippen LogP contribution in [-0.2, 0) is 33.2 Å². The van der Waals surface area contributed by atoms with Crippen molar-refractivity contribution in [3.63, 3.8) is 0 Å². The average Bonchev–Trinajstić information content (AvgIpc) is 0.780. The van der Waals surface area contributed by atoms with Crippen LogP contribution in [0.25, 0.3) is 0 Å². The first-order valence-electron chi connectivity index (χ1n) is 47.0. The number of hydrogen-bond donors (Lipinski definition) is 12. The molecule has 3 aliphatic heterocycles. The van der Waals surface area contributed by atoms with Crippen molar-refractivity contribution >= 4 is 5.91 Å². The number of carbonyl (C=O) groups is 1. The molecular weight excluding hydrogens is 1430 g/mol. The average molecular weight is 1610 g/mol. The topological polar surface area (TPSA) is 307 Å². The molecule has 0 spiro atoms. The molecule has 0 aromatic heterocycles. The first kappa shape index (κ1) is 105. The van der Waals surface area contributed by atoms with Crippen LogP contribution in [0.2, 0.25) is 0 Å². The zero-order valence-electron chi connectivity index (χ0n) is 71.6. The number of ether oxygens (including phenoxy) is 6. The smallest absolute Gasteiger partial charge is 0.220 e. The molecule has 0 aromatic rings. The summed E-state index contributed by atoms with van der Waals surface area (Å²) in [5.74, 6) is -0.268. The lowest BCUT2D eigenvalue weighted by Gasteiger charge is -2.48. The number of allylic oxidation sites excluding steroid dienone is 9. The molecule has 0 bridgehead atoms. The first-order valence-corrected chi connectivity index (χ1v) is 47.0. The van der Waals surface area contributed by atoms with Crippen LogP contribution < -0.4 is 5.32 Å². The van der Waals surface area contributed by atoms with Gasteiger partial charge in [-0.25, -0.2) is 0 Å². The summed E-state index contributed by atoms with van der Waals surface area (Å²) in [5, 5.41) is 121. The Morgan fingerprint density at radius 1 is 0.327 bits per heavy atom. The van der Waals surface area contributed by atoms with Gasteiger partial charge in [0.25, 0.3) is 0 Å². The van der Waals surface area contributed by atoms with Gasteiger partial charge in [-0.3, -0.25) is 4.79 Å². The fraction of sp³-hybridized carbons (Fsp3) is 0.883. The second-order valence-corrected chi connectivity index (χ2v) is 33.5. The lowest BCUT2D eigenvalue weighted by atomic mass is 9.96. The van der Waals surface area contributed by atoms with Crippen molar-refractivity contribution in [1.82, 2.24) is 5.32 Å². The van der Waals surface area contributed by atoms with Gasteiger partial charge in [0.2, 0.25) is 5.91 Å². The fourth-order valence-corrected chi connectivity index (χ4v) is 15.9. The van der Waals surface area contributed by atoms with Gasteiger partial charge in [-0.2, -0.15) is 0 Å². The Morgan fingerprint density at radius 2 is 0.611 bits per heavy atom. The van der Waals surface area contributed by atoms with Gasteiger partial charge in [0.1, 0.15) is 73.2 Å². The highest BCUT2D eigenvalue weighted by atomic mass is 16.8. The molecule has 3 aliphatic rings. The summed E-state index contributed by atoms with van der Waals surface area (Å²) >= 11 is 0. The first-order chi connectivity index (χ1) is 55.3. The molecule has 0 saturated carbocycles. The van der Waals surface area contributed by atoms with Crippen LogP contribution in [0.5, 0.6) is 0 Å². The van der Waals surface area contributed by atoms with Crippen molar-refractivity contribution < 1.29 is 89.4 Å². The number of unbranched alkanes of at least 4 members (excludes halogenated alkanes) is 53. The molecule has 17 atom stereocenters. The monoisotopic (exact) mass is 1600 g/mol. The van der Waals surface area contributed by atoms with Crippen molar-refractivity contribution in [3.8, 4) is 0 Å². The number of amides is 1. The summed E-state index contributed by atoms with van der Waals surface area (Å²) in [4.78, 5) is 13.5. The number of rotatable bonds is 77. The Kier molecular flexibility index (Phi) is 68.0. The van der Waals surface area contributed by atoms with Gasteiger partial charge in [0.05, 0.1) is 38.6 Å². The van der Waals surface area contributed by atoms with Crippen LogP contribution in [0.1, 0.15) is 399 Å². The maximum absolute atomic E-state index is 13.5. The molecule has 3 saturated heterocycles. The molecule has 1 amide bonds. The highest BCUT2D eigenvalue weighted by Crippen LogP contribution is 2.34. The second-order valence-electron chi connectivity index (χ2n) is 33.5. The number of nitrogens with one attached hydrogen (secondary N) is 1. The van der Waals surface area contributed by atoms with Crippen LogP contribution in [0.3, 0.4) is 0 Å². The highest BCUT2D eigenvalue weighted by molar-refractivity contribution is 5.76. The second kappa shape index (κ2) is 73.4. The minimum Gasteiger partial charge on any atom is -0.394 e. The maximum Gasteiger partial charge on any atom is 0.220 e. The van der Waals surface area contributed by atoms with E-state index in [1.807, 2.05) is 6.08 Å². The number of carbonyl (C=O) groups excluding carboxylic acids is 1. The molecule has 3 rings (SSSR count). The standard InChI is InChI=1S/C94H173NO18/c1-3-5-7-9-11-13-15-17-19-21-23-25-27-29-31-33-35-37-38-40-42-44-46-48-50-52-54-56-58-60-62-64-66-68-70-72-82(100)95-77(78(99)71-69-67-65-63-61-59-57-55-53-51-49-47-45-43-41-39-36-34-32-30-28-26-24-22-20-18-16-14-12-10-8-6-4-2)76-108-92-88(106)85(103)90(80(74-97)110-92)113-94-89(107)86(104)91(81(75-98)111-94)112-93-87(105)84(102)83(101)79(73-96)109-93/h5,7,11,13,17,19,23,25,69,71,77-81,83-94,96-99,101-107H,3-4,6,8-10,12,14-16,18,20-22,24,26-68,70,72-76H2,1-2H3,(H,95,100)/b7-5-,13-11-,19-17-,25-23-,71-69+. The zero-order valence-corrected chi connectivity index (χ0v) is 71.6. The summed E-state index contributed by atoms with van der Waals surface area (Å²) in [6.07, 6.45) is 71.0. The summed E-state index contributed by atoms with van der Waals surface area (Å²) in [6, 6.07) is -0.976. The number of hydrogen-bond acceptors (Lipinski definition) is 18. The largest absolute Gasteiger partial charge is 0.394 e. The van der Waals surface area contributed by atoms with Gasteiger partial charge in [0, 0.05) is 6.42 Å². The molecule has 12 N–H and O–H groups in total. The van der Waals surface area contributed by atoms with E-state index in [2.05, 4.69) is 67.8 Å². The van der Waals surface area contributed by atoms with Crippen molar-refractivity contribution in [2.75, 3.05) is 26.4 Å². The summed E-state index contributed by atoms with van der Waals surface area (Å²) in [5.41, 5.74) is 0. The Bertz CT molecular complexity index is 2270. The summed E-state index contributed by atoms with van der Waals surface area (Å²) in [6.45, 7) is 1.69. The molecule has 17 unspecified atom stereocenters. The molecule has 662 valence electrons. The summed E-state index contributed by atoms with van der Waals surface area (Å²) < 4.78 is 34.6. The highest BCUT2D eigenvalue weighted by Gasteiger charge is 2.54. The maximum atomic E-state index is 13.5. The normalized spacial score (nSPS) is 25.1. The van der Waals surface area contributed by atoms with E-state index in [9.17, 15) is 61.0 Å². The van der Waals surface area contributed by atoms with Gasteiger partial charge in [-0.15, -0.1) is 0 Å². The van der Waals surface area contributed by atoms with Crippen molar-refractivity contribution in [3.05, 3.63) is 60.8 Å². The Labute approximate surface area is 687 Å². The Morgan fingerprint density at radius 3 is 0.956 bits per heavy atom. The Hall–Kier alpha value is -2.51. The fourth-order valence-electron chi connectivity index (χ4n) is 15.9. The molecule has 0 radical (unpaired) electrons. The van der Waals surface area contributed by atoms with E-state index < -0.39 is 124 Å². The molecule has 0 aromatic carbocycles. The van der Waals surface area contributed by atoms with Crippen LogP contribution in [0.4, 0.5) is 0 Å². The lowest BCUT2D eigenvalue weighted by Crippen LogP contribution is -2.66. The molecule has 113 heavy (non-hydrogen) atoms. The van der Waals surface area contributed by atoms with Gasteiger partial charge >= 0.3 is 0 Å². The predicted octanol–water partition coefficient (Wildman–Crippen LogP) is 18.5. The zero-order chi connectivity index (χ0) is 81.7. The number of aliphatic hydroxyl groups excluding tert-OH is 11. The van der Waals surface area contributed by atoms with Gasteiger partial charge in [0.15, 0.2) is 18.9 Å². The van der Waals surface area contributed by atoms with Crippen LogP contribution in [-0.4, -0.2) is 193 Å². The minimum absolute atomic E-state index is 0.246. The lowest BCUT2D eigenvalue weighted by molar-refractivity contribution is -0.379. The minimum atomic E-state index is -1.98. The van der Waals surface area contributed by atoms with Gasteiger partial charge < -0.3 is 89.9 Å². The van der Waals surface area contributed by atoms with E-state index in [4.69, 9.17) is 28.4 Å². The van der Waals surface area contributed by atoms with Crippen molar-refractivity contribution in [2.45, 2.75) is 503 Å². The van der Waals surface area contributed by atoms with Crippen molar-refractivity contribution in [2.24, 2.45) is 0 Å². The van der Waals surface area contributed by atoms with E-state index in [0.29, 0.717) is 6.42 Å². The van der Waals surface area contributed by atoms with Gasteiger partial charge in [-0.05, 0) is 57.8 Å². The van der Waals surface area contributed by atoms with E-state index >= 15 is 0 Å². The van der Waals surface area contributed by atoms with Crippen LogP contribution >= 0.6 is 0 Å². The molecule has 3 fully saturated rings. The van der Waals surface area contributed by atoms with E-state index in [1.54, 1.807) is 6.08 Å². The van der Waals surface area contributed by atoms with Gasteiger partial charge in [-0.1, -0.05) is 396 Å².